The highest BCUT2D eigenvalue weighted by atomic mass is 32.2. The van der Waals surface area contributed by atoms with Crippen LogP contribution < -0.4 is 0 Å². The number of esters is 1. The van der Waals surface area contributed by atoms with E-state index in [0.29, 0.717) is 6.61 Å². The van der Waals surface area contributed by atoms with E-state index < -0.39 is 10.1 Å². The van der Waals surface area contributed by atoms with E-state index in [2.05, 4.69) is 27.4 Å². The number of rotatable bonds is 8. The van der Waals surface area contributed by atoms with Crippen molar-refractivity contribution >= 4 is 16.1 Å². The Balaban J connectivity index is 0.000000472. The molecule has 1 aromatic carbocycles. The van der Waals surface area contributed by atoms with Gasteiger partial charge in [-0.3, -0.25) is 4.55 Å². The van der Waals surface area contributed by atoms with Gasteiger partial charge < -0.3 is 9.22 Å². The van der Waals surface area contributed by atoms with Gasteiger partial charge >= 0.3 is 5.97 Å². The molecule has 0 atom stereocenters. The highest BCUT2D eigenvalue weighted by Crippen LogP contribution is 2.08. The van der Waals surface area contributed by atoms with E-state index in [1.165, 1.54) is 18.2 Å². The maximum atomic E-state index is 10.8. The van der Waals surface area contributed by atoms with E-state index in [0.717, 1.165) is 36.2 Å². The Morgan fingerprint density at radius 3 is 2.00 bits per heavy atom. The summed E-state index contributed by atoms with van der Waals surface area (Å²) in [5.41, 5.74) is 0.956. The molecule has 0 spiro atoms. The van der Waals surface area contributed by atoms with Crippen molar-refractivity contribution in [1.29, 1.82) is 0 Å². The Bertz CT molecular complexity index is 626. The summed E-state index contributed by atoms with van der Waals surface area (Å²) in [4.78, 5) is 10.7. The van der Waals surface area contributed by atoms with Gasteiger partial charge in [-0.15, -0.1) is 0 Å². The topological polar surface area (TPSA) is 80.7 Å². The van der Waals surface area contributed by atoms with Crippen LogP contribution in [-0.2, 0) is 19.6 Å². The Morgan fingerprint density at radius 1 is 1.16 bits per heavy atom. The van der Waals surface area contributed by atoms with Gasteiger partial charge in [-0.05, 0) is 39.8 Å². The first-order valence-corrected chi connectivity index (χ1v) is 9.76. The fourth-order valence-electron chi connectivity index (χ4n) is 2.25. The van der Waals surface area contributed by atoms with E-state index in [4.69, 9.17) is 9.29 Å². The Labute approximate surface area is 151 Å². The summed E-state index contributed by atoms with van der Waals surface area (Å²) in [6.45, 7) is 16.3. The Hall–Kier alpha value is -1.70. The first-order valence-electron chi connectivity index (χ1n) is 8.32. The van der Waals surface area contributed by atoms with Crippen molar-refractivity contribution in [3.63, 3.8) is 0 Å². The first kappa shape index (κ1) is 23.3. The van der Waals surface area contributed by atoms with E-state index >= 15 is 0 Å². The number of carbonyl (C=O) groups excluding carboxylic acids is 1. The summed E-state index contributed by atoms with van der Waals surface area (Å²) in [7, 11) is -4.02. The van der Waals surface area contributed by atoms with Crippen molar-refractivity contribution in [2.75, 3.05) is 32.8 Å². The molecule has 142 valence electrons. The molecule has 1 rings (SSSR count). The summed E-state index contributed by atoms with van der Waals surface area (Å²) in [6, 6.07) is 5.99. The number of nitrogens with zero attached hydrogens (tertiary/aromatic N) is 1. The molecule has 0 radical (unpaired) electrons. The van der Waals surface area contributed by atoms with E-state index in [1.54, 1.807) is 12.1 Å². The quantitative estimate of drug-likeness (QED) is 0.328. The maximum Gasteiger partial charge on any atom is 0.330 e. The van der Waals surface area contributed by atoms with E-state index in [-0.39, 0.29) is 10.9 Å². The largest absolute Gasteiger partial charge is 0.457 e. The minimum Gasteiger partial charge on any atom is -0.457 e. The van der Waals surface area contributed by atoms with Crippen molar-refractivity contribution in [2.24, 2.45) is 0 Å². The van der Waals surface area contributed by atoms with Crippen molar-refractivity contribution in [1.82, 2.24) is 0 Å². The fourth-order valence-corrected chi connectivity index (χ4v) is 2.73. The van der Waals surface area contributed by atoms with E-state index in [9.17, 15) is 13.2 Å². The van der Waals surface area contributed by atoms with Crippen LogP contribution in [0.25, 0.3) is 0 Å². The molecule has 1 N–H and O–H groups in total. The third kappa shape index (κ3) is 8.81. The second-order valence-electron chi connectivity index (χ2n) is 5.67. The number of benzene rings is 1. The van der Waals surface area contributed by atoms with Crippen LogP contribution in [0, 0.1) is 6.92 Å². The molecule has 0 saturated heterocycles. The summed E-state index contributed by atoms with van der Waals surface area (Å²) < 4.78 is 35.5. The molecular formula is C18H30NO5S+. The zero-order valence-electron chi connectivity index (χ0n) is 15.6. The molecule has 0 aliphatic carbocycles. The molecule has 0 aliphatic rings. The van der Waals surface area contributed by atoms with Crippen LogP contribution in [0.2, 0.25) is 0 Å². The summed E-state index contributed by atoms with van der Waals surface area (Å²) >= 11 is 0. The monoisotopic (exact) mass is 372 g/mol. The molecule has 25 heavy (non-hydrogen) atoms. The SMILES string of the molecule is C=CC(=O)OCC[N+](CC)(CC)CC.Cc1ccc(S(=O)(=O)O)cc1. The van der Waals surface area contributed by atoms with Gasteiger partial charge in [-0.2, -0.15) is 8.42 Å². The zero-order valence-corrected chi connectivity index (χ0v) is 16.4. The number of aryl methyl sites for hydroxylation is 1. The van der Waals surface area contributed by atoms with Gasteiger partial charge in [0.1, 0.15) is 13.2 Å². The minimum absolute atomic E-state index is 0.0666. The number of quaternary nitrogens is 1. The zero-order chi connectivity index (χ0) is 19.5. The summed E-state index contributed by atoms with van der Waals surface area (Å²) in [6.07, 6.45) is 1.21. The van der Waals surface area contributed by atoms with Crippen molar-refractivity contribution in [2.45, 2.75) is 32.6 Å². The predicted octanol–water partition coefficient (Wildman–Crippen LogP) is 2.83. The third-order valence-corrected chi connectivity index (χ3v) is 5.18. The highest BCUT2D eigenvalue weighted by Gasteiger charge is 2.20. The van der Waals surface area contributed by atoms with Crippen LogP contribution >= 0.6 is 0 Å². The van der Waals surface area contributed by atoms with Gasteiger partial charge in [0.05, 0.1) is 24.5 Å². The lowest BCUT2D eigenvalue weighted by molar-refractivity contribution is -0.923. The number of carbonyl (C=O) groups is 1. The predicted molar refractivity (Wildman–Crippen MR) is 98.9 cm³/mol. The van der Waals surface area contributed by atoms with Gasteiger partial charge in [-0.1, -0.05) is 24.3 Å². The molecule has 0 bridgehead atoms. The first-order chi connectivity index (χ1) is 11.6. The molecule has 0 unspecified atom stereocenters. The van der Waals surface area contributed by atoms with Gasteiger partial charge in [-0.25, -0.2) is 4.79 Å². The average Bonchev–Trinajstić information content (AvgIpc) is 2.59. The van der Waals surface area contributed by atoms with Crippen molar-refractivity contribution in [3.8, 4) is 0 Å². The summed E-state index contributed by atoms with van der Waals surface area (Å²) in [5.74, 6) is -0.327. The molecule has 1 aromatic rings. The van der Waals surface area contributed by atoms with Crippen LogP contribution in [0.5, 0.6) is 0 Å². The number of hydrogen-bond donors (Lipinski definition) is 1. The lowest BCUT2D eigenvalue weighted by atomic mass is 10.2. The Morgan fingerprint density at radius 2 is 1.64 bits per heavy atom. The van der Waals surface area contributed by atoms with Crippen LogP contribution in [-0.4, -0.2) is 56.2 Å². The maximum absolute atomic E-state index is 10.8. The van der Waals surface area contributed by atoms with Crippen LogP contribution in [0.15, 0.2) is 41.8 Å². The third-order valence-electron chi connectivity index (χ3n) is 4.31. The molecular weight excluding hydrogens is 342 g/mol. The second-order valence-corrected chi connectivity index (χ2v) is 7.10. The number of hydrogen-bond acceptors (Lipinski definition) is 4. The average molecular weight is 373 g/mol. The smallest absolute Gasteiger partial charge is 0.330 e. The van der Waals surface area contributed by atoms with Crippen LogP contribution in [0.1, 0.15) is 26.3 Å². The normalized spacial score (nSPS) is 11.2. The molecule has 0 saturated carbocycles. The standard InChI is InChI=1S/C11H22NO2.C7H8O3S/c1-5-11(13)14-10-9-12(6-2,7-3)8-4;1-6-2-4-7(5-3-6)11(8,9)10/h5H,1,6-10H2,2-4H3;2-5H,1H3,(H,8,9,10)/q+1;. The molecule has 7 heteroatoms. The summed E-state index contributed by atoms with van der Waals surface area (Å²) in [5, 5.41) is 0. The molecule has 0 fully saturated rings. The van der Waals surface area contributed by atoms with Crippen molar-refractivity contribution in [3.05, 3.63) is 42.5 Å². The molecule has 6 nitrogen and oxygen atoms in total. The second kappa shape index (κ2) is 11.0. The van der Waals surface area contributed by atoms with Gasteiger partial charge in [0.2, 0.25) is 0 Å². The van der Waals surface area contributed by atoms with Gasteiger partial charge in [0, 0.05) is 6.08 Å². The number of likely N-dealkylation sites (N-methyl/N-ethyl adjacent to an activating group) is 1. The lowest BCUT2D eigenvalue weighted by Gasteiger charge is -2.35. The number of ether oxygens (including phenoxy) is 1. The van der Waals surface area contributed by atoms with Crippen molar-refractivity contribution < 1.29 is 27.0 Å². The van der Waals surface area contributed by atoms with Crippen LogP contribution in [0.3, 0.4) is 0 Å². The fraction of sp³-hybridized carbons (Fsp3) is 0.500. The molecule has 0 heterocycles. The molecule has 0 amide bonds. The Kier molecular flexibility index (Phi) is 10.3. The minimum atomic E-state index is -4.02. The van der Waals surface area contributed by atoms with Crippen LogP contribution in [0.4, 0.5) is 0 Å². The lowest BCUT2D eigenvalue weighted by Crippen LogP contribution is -2.49. The highest BCUT2D eigenvalue weighted by molar-refractivity contribution is 7.85. The molecule has 0 aromatic heterocycles. The van der Waals surface area contributed by atoms with Gasteiger partial charge in [0.25, 0.3) is 10.1 Å². The molecule has 0 aliphatic heterocycles. The van der Waals surface area contributed by atoms with Gasteiger partial charge in [0.15, 0.2) is 0 Å². The van der Waals surface area contributed by atoms with E-state index in [1.807, 2.05) is 6.92 Å².